The van der Waals surface area contributed by atoms with Gasteiger partial charge in [-0.25, -0.2) is 0 Å². The van der Waals surface area contributed by atoms with Crippen molar-refractivity contribution in [3.63, 3.8) is 0 Å². The molecular formula is C19H31N3O2S. The lowest BCUT2D eigenvalue weighted by Crippen LogP contribution is -2.47. The molecule has 2 aliphatic heterocycles. The van der Waals surface area contributed by atoms with Crippen LogP contribution in [0.2, 0.25) is 0 Å². The van der Waals surface area contributed by atoms with Crippen LogP contribution < -0.4 is 5.32 Å². The van der Waals surface area contributed by atoms with Crippen LogP contribution in [0.1, 0.15) is 43.4 Å². The molecule has 2 atom stereocenters. The minimum absolute atomic E-state index is 0.325. The first-order chi connectivity index (χ1) is 12.3. The number of rotatable bonds is 6. The Morgan fingerprint density at radius 3 is 2.92 bits per heavy atom. The van der Waals surface area contributed by atoms with Gasteiger partial charge in [-0.2, -0.15) is 0 Å². The second kappa shape index (κ2) is 9.55. The van der Waals surface area contributed by atoms with Gasteiger partial charge in [-0.15, -0.1) is 11.3 Å². The molecule has 1 N–H and O–H groups in total. The predicted octanol–water partition coefficient (Wildman–Crippen LogP) is 3.09. The van der Waals surface area contributed by atoms with Gasteiger partial charge in [0, 0.05) is 44.1 Å². The average molecular weight is 366 g/mol. The Morgan fingerprint density at radius 1 is 1.44 bits per heavy atom. The molecule has 0 radical (unpaired) electrons. The number of guanidine groups is 1. The van der Waals surface area contributed by atoms with Crippen LogP contribution >= 0.6 is 11.3 Å². The summed E-state index contributed by atoms with van der Waals surface area (Å²) in [6.45, 7) is 6.85. The lowest BCUT2D eigenvalue weighted by molar-refractivity contribution is -0.0367. The third-order valence-corrected chi connectivity index (χ3v) is 6.19. The quantitative estimate of drug-likeness (QED) is 0.622. The van der Waals surface area contributed by atoms with E-state index < -0.39 is 0 Å². The second-order valence-electron chi connectivity index (χ2n) is 7.00. The van der Waals surface area contributed by atoms with E-state index in [1.54, 1.807) is 0 Å². The fourth-order valence-corrected chi connectivity index (χ4v) is 4.29. The van der Waals surface area contributed by atoms with Crippen LogP contribution in [0.15, 0.2) is 22.5 Å². The van der Waals surface area contributed by atoms with Gasteiger partial charge in [-0.1, -0.05) is 13.0 Å². The third-order valence-electron chi connectivity index (χ3n) is 5.09. The van der Waals surface area contributed by atoms with Gasteiger partial charge >= 0.3 is 0 Å². The van der Waals surface area contributed by atoms with Crippen LogP contribution in [0.25, 0.3) is 0 Å². The average Bonchev–Trinajstić information content (AvgIpc) is 3.35. The van der Waals surface area contributed by atoms with Gasteiger partial charge in [0.25, 0.3) is 0 Å². The predicted molar refractivity (Wildman–Crippen MR) is 104 cm³/mol. The molecular weight excluding hydrogens is 334 g/mol. The van der Waals surface area contributed by atoms with E-state index in [0.717, 1.165) is 58.1 Å². The van der Waals surface area contributed by atoms with E-state index in [9.17, 15) is 0 Å². The molecule has 3 heterocycles. The first-order valence-corrected chi connectivity index (χ1v) is 10.4. The largest absolute Gasteiger partial charge is 0.376 e. The maximum absolute atomic E-state index is 6.07. The van der Waals surface area contributed by atoms with Crippen molar-refractivity contribution in [2.24, 2.45) is 4.99 Å². The second-order valence-corrected chi connectivity index (χ2v) is 7.98. The summed E-state index contributed by atoms with van der Waals surface area (Å²) in [6.07, 6.45) is 5.15. The molecule has 2 fully saturated rings. The minimum Gasteiger partial charge on any atom is -0.376 e. The van der Waals surface area contributed by atoms with Gasteiger partial charge in [0.15, 0.2) is 5.96 Å². The van der Waals surface area contributed by atoms with Crippen LogP contribution in [-0.2, 0) is 9.47 Å². The lowest BCUT2D eigenvalue weighted by Gasteiger charge is -2.34. The summed E-state index contributed by atoms with van der Waals surface area (Å²) in [7, 11) is 1.87. The summed E-state index contributed by atoms with van der Waals surface area (Å²) in [5, 5.41) is 5.68. The number of piperidine rings is 1. The van der Waals surface area contributed by atoms with Crippen LogP contribution in [0.3, 0.4) is 0 Å². The van der Waals surface area contributed by atoms with Gasteiger partial charge in [0.2, 0.25) is 0 Å². The van der Waals surface area contributed by atoms with E-state index in [-0.39, 0.29) is 0 Å². The standard InChI is InChI=1S/C19H31N3O2S/c1-15(18-6-4-12-25-18)13-21-19(20-2)22-9-7-16(8-10-22)24-14-17-5-3-11-23-17/h4,6,12,15-17H,3,5,7-11,13-14H2,1-2H3,(H,20,21). The highest BCUT2D eigenvalue weighted by molar-refractivity contribution is 7.10. The molecule has 0 spiro atoms. The first kappa shape index (κ1) is 18.7. The van der Waals surface area contributed by atoms with Crippen LogP contribution in [0.4, 0.5) is 0 Å². The highest BCUT2D eigenvalue weighted by Gasteiger charge is 2.24. The molecule has 140 valence electrons. The molecule has 2 aliphatic rings. The molecule has 0 aliphatic carbocycles. The third kappa shape index (κ3) is 5.43. The molecule has 2 saturated heterocycles. The van der Waals surface area contributed by atoms with Crippen molar-refractivity contribution in [1.29, 1.82) is 0 Å². The van der Waals surface area contributed by atoms with Crippen molar-refractivity contribution in [3.8, 4) is 0 Å². The van der Waals surface area contributed by atoms with Crippen molar-refractivity contribution in [2.45, 2.75) is 50.7 Å². The Hall–Kier alpha value is -1.11. The number of nitrogens with zero attached hydrogens (tertiary/aromatic N) is 2. The molecule has 5 nitrogen and oxygen atoms in total. The molecule has 1 aromatic rings. The number of hydrogen-bond donors (Lipinski definition) is 1. The molecule has 2 unspecified atom stereocenters. The number of hydrogen-bond acceptors (Lipinski definition) is 4. The molecule has 1 aromatic heterocycles. The normalized spacial score (nSPS) is 23.8. The summed E-state index contributed by atoms with van der Waals surface area (Å²) in [4.78, 5) is 8.25. The molecule has 3 rings (SSSR count). The van der Waals surface area contributed by atoms with E-state index in [1.165, 1.54) is 11.3 Å². The van der Waals surface area contributed by atoms with Crippen molar-refractivity contribution in [3.05, 3.63) is 22.4 Å². The zero-order valence-corrected chi connectivity index (χ0v) is 16.3. The maximum atomic E-state index is 6.07. The summed E-state index contributed by atoms with van der Waals surface area (Å²) >= 11 is 1.82. The number of aliphatic imine (C=N–C) groups is 1. The van der Waals surface area contributed by atoms with Crippen LogP contribution in [0, 0.1) is 0 Å². The SMILES string of the molecule is CN=C(NCC(C)c1cccs1)N1CCC(OCC2CCCO2)CC1. The zero-order chi connectivity index (χ0) is 17.5. The van der Waals surface area contributed by atoms with E-state index in [4.69, 9.17) is 9.47 Å². The topological polar surface area (TPSA) is 46.1 Å². The van der Waals surface area contributed by atoms with E-state index >= 15 is 0 Å². The Kier molecular flexibility index (Phi) is 7.13. The summed E-state index contributed by atoms with van der Waals surface area (Å²) in [6, 6.07) is 4.32. The monoisotopic (exact) mass is 365 g/mol. The smallest absolute Gasteiger partial charge is 0.193 e. The lowest BCUT2D eigenvalue weighted by atomic mass is 10.1. The Labute approximate surface area is 155 Å². The van der Waals surface area contributed by atoms with Gasteiger partial charge in [-0.3, -0.25) is 4.99 Å². The molecule has 0 aromatic carbocycles. The molecule has 0 amide bonds. The van der Waals surface area contributed by atoms with Crippen molar-refractivity contribution in [1.82, 2.24) is 10.2 Å². The van der Waals surface area contributed by atoms with Crippen LogP contribution in [0.5, 0.6) is 0 Å². The number of likely N-dealkylation sites (tertiary alicyclic amines) is 1. The van der Waals surface area contributed by atoms with Crippen molar-refractivity contribution in [2.75, 3.05) is 39.9 Å². The van der Waals surface area contributed by atoms with Gasteiger partial charge in [0.05, 0.1) is 18.8 Å². The summed E-state index contributed by atoms with van der Waals surface area (Å²) in [5.41, 5.74) is 0. The summed E-state index contributed by atoms with van der Waals surface area (Å²) in [5.74, 6) is 1.52. The minimum atomic E-state index is 0.325. The van der Waals surface area contributed by atoms with Crippen LogP contribution in [-0.4, -0.2) is 63.0 Å². The van der Waals surface area contributed by atoms with Gasteiger partial charge in [0.1, 0.15) is 0 Å². The van der Waals surface area contributed by atoms with Gasteiger partial charge < -0.3 is 19.7 Å². The Bertz CT molecular complexity index is 521. The fourth-order valence-electron chi connectivity index (χ4n) is 3.50. The van der Waals surface area contributed by atoms with E-state index in [0.29, 0.717) is 18.1 Å². The van der Waals surface area contributed by atoms with Gasteiger partial charge in [-0.05, 0) is 37.1 Å². The molecule has 6 heteroatoms. The van der Waals surface area contributed by atoms with E-state index in [2.05, 4.69) is 39.6 Å². The first-order valence-electron chi connectivity index (χ1n) is 9.48. The molecule has 0 bridgehead atoms. The zero-order valence-electron chi connectivity index (χ0n) is 15.4. The number of thiophene rings is 1. The highest BCUT2D eigenvalue weighted by atomic mass is 32.1. The maximum Gasteiger partial charge on any atom is 0.193 e. The fraction of sp³-hybridized carbons (Fsp3) is 0.737. The van der Waals surface area contributed by atoms with E-state index in [1.807, 2.05) is 18.4 Å². The Balaban J connectivity index is 1.38. The number of nitrogens with one attached hydrogen (secondary N) is 1. The summed E-state index contributed by atoms with van der Waals surface area (Å²) < 4.78 is 11.7. The van der Waals surface area contributed by atoms with Crippen molar-refractivity contribution >= 4 is 17.3 Å². The number of ether oxygens (including phenoxy) is 2. The molecule has 25 heavy (non-hydrogen) atoms. The molecule has 0 saturated carbocycles. The van der Waals surface area contributed by atoms with Crippen molar-refractivity contribution < 1.29 is 9.47 Å². The highest BCUT2D eigenvalue weighted by Crippen LogP contribution is 2.20. The Morgan fingerprint density at radius 2 is 2.28 bits per heavy atom.